The predicted molar refractivity (Wildman–Crippen MR) is 85.2 cm³/mol. The summed E-state index contributed by atoms with van der Waals surface area (Å²) in [7, 11) is 1.49. The standard InChI is InChI=1S/C16H14F3N5O2/c1-26-15-6-5-13-22-21-12(24(13)23-15)3-2-4-14(25)20-9-7-10(17)16(19)11(18)8-9/h5-8H,2-4H2,1H3,(H,20,25). The molecule has 0 saturated carbocycles. The van der Waals surface area contributed by atoms with Crippen LogP contribution in [-0.2, 0) is 11.2 Å². The van der Waals surface area contributed by atoms with E-state index in [2.05, 4.69) is 20.6 Å². The number of nitrogens with zero attached hydrogens (tertiary/aromatic N) is 4. The Kier molecular flexibility index (Phi) is 5.01. The zero-order chi connectivity index (χ0) is 18.7. The van der Waals surface area contributed by atoms with Gasteiger partial charge < -0.3 is 10.1 Å². The number of aromatic nitrogens is 4. The first kappa shape index (κ1) is 17.6. The van der Waals surface area contributed by atoms with E-state index in [9.17, 15) is 18.0 Å². The maximum Gasteiger partial charge on any atom is 0.231 e. The summed E-state index contributed by atoms with van der Waals surface area (Å²) in [6.45, 7) is 0. The molecule has 0 aliphatic rings. The highest BCUT2D eigenvalue weighted by Crippen LogP contribution is 2.18. The molecule has 0 bridgehead atoms. The number of hydrogen-bond donors (Lipinski definition) is 1. The van der Waals surface area contributed by atoms with Crippen LogP contribution in [0.15, 0.2) is 24.3 Å². The second-order valence-corrected chi connectivity index (χ2v) is 5.42. The van der Waals surface area contributed by atoms with E-state index >= 15 is 0 Å². The molecule has 136 valence electrons. The van der Waals surface area contributed by atoms with Crippen LogP contribution in [0.1, 0.15) is 18.7 Å². The van der Waals surface area contributed by atoms with Gasteiger partial charge in [0.25, 0.3) is 0 Å². The summed E-state index contributed by atoms with van der Waals surface area (Å²) < 4.78 is 45.7. The Morgan fingerprint density at radius 3 is 2.62 bits per heavy atom. The molecule has 1 aromatic carbocycles. The van der Waals surface area contributed by atoms with Gasteiger partial charge in [0.1, 0.15) is 0 Å². The number of carbonyl (C=O) groups excluding carboxylic acids is 1. The van der Waals surface area contributed by atoms with Crippen LogP contribution >= 0.6 is 0 Å². The minimum atomic E-state index is -1.58. The van der Waals surface area contributed by atoms with Crippen LogP contribution in [-0.4, -0.2) is 32.8 Å². The molecule has 0 atom stereocenters. The molecule has 0 spiro atoms. The van der Waals surface area contributed by atoms with Gasteiger partial charge >= 0.3 is 0 Å². The van der Waals surface area contributed by atoms with Crippen molar-refractivity contribution >= 4 is 17.2 Å². The number of hydrogen-bond acceptors (Lipinski definition) is 5. The second kappa shape index (κ2) is 7.38. The maximum absolute atomic E-state index is 13.1. The number of carbonyl (C=O) groups is 1. The zero-order valence-electron chi connectivity index (χ0n) is 13.7. The predicted octanol–water partition coefficient (Wildman–Crippen LogP) is 2.51. The molecule has 2 heterocycles. The third-order valence-electron chi connectivity index (χ3n) is 3.58. The van der Waals surface area contributed by atoms with Gasteiger partial charge in [-0.25, -0.2) is 13.2 Å². The molecule has 3 rings (SSSR count). The van der Waals surface area contributed by atoms with Crippen molar-refractivity contribution in [3.05, 3.63) is 47.5 Å². The highest BCUT2D eigenvalue weighted by Gasteiger charge is 2.13. The van der Waals surface area contributed by atoms with E-state index in [1.165, 1.54) is 11.6 Å². The average molecular weight is 365 g/mol. The van der Waals surface area contributed by atoms with E-state index in [0.717, 1.165) is 12.1 Å². The van der Waals surface area contributed by atoms with Gasteiger partial charge in [-0.3, -0.25) is 4.79 Å². The third-order valence-corrected chi connectivity index (χ3v) is 3.58. The van der Waals surface area contributed by atoms with E-state index in [4.69, 9.17) is 4.74 Å². The van der Waals surface area contributed by atoms with Crippen molar-refractivity contribution in [1.82, 2.24) is 19.8 Å². The maximum atomic E-state index is 13.1. The highest BCUT2D eigenvalue weighted by atomic mass is 19.2. The molecule has 0 fully saturated rings. The largest absolute Gasteiger partial charge is 0.480 e. The summed E-state index contributed by atoms with van der Waals surface area (Å²) in [5.74, 6) is -3.83. The van der Waals surface area contributed by atoms with Crippen molar-refractivity contribution in [3.8, 4) is 5.88 Å². The molecular formula is C16H14F3N5O2. The third kappa shape index (κ3) is 3.73. The van der Waals surface area contributed by atoms with Gasteiger partial charge in [-0.2, -0.15) is 4.52 Å². The van der Waals surface area contributed by atoms with E-state index in [1.54, 1.807) is 12.1 Å². The first-order valence-corrected chi connectivity index (χ1v) is 7.67. The molecule has 0 aliphatic carbocycles. The van der Waals surface area contributed by atoms with Gasteiger partial charge in [-0.1, -0.05) is 0 Å². The fourth-order valence-electron chi connectivity index (χ4n) is 2.34. The highest BCUT2D eigenvalue weighted by molar-refractivity contribution is 5.90. The number of aryl methyl sites for hydroxylation is 1. The van der Waals surface area contributed by atoms with Gasteiger partial charge in [0.05, 0.1) is 7.11 Å². The molecule has 0 radical (unpaired) electrons. The molecule has 7 nitrogen and oxygen atoms in total. The molecule has 10 heteroatoms. The lowest BCUT2D eigenvalue weighted by molar-refractivity contribution is -0.116. The number of halogens is 3. The lowest BCUT2D eigenvalue weighted by Crippen LogP contribution is -2.13. The fraction of sp³-hybridized carbons (Fsp3) is 0.250. The van der Waals surface area contributed by atoms with Gasteiger partial charge in [-0.15, -0.1) is 15.3 Å². The lowest BCUT2D eigenvalue weighted by Gasteiger charge is -2.06. The Balaban J connectivity index is 1.59. The Morgan fingerprint density at radius 2 is 1.92 bits per heavy atom. The number of amides is 1. The second-order valence-electron chi connectivity index (χ2n) is 5.42. The summed E-state index contributed by atoms with van der Waals surface area (Å²) in [5, 5.41) is 14.5. The Labute approximate surface area is 145 Å². The topological polar surface area (TPSA) is 81.4 Å². The van der Waals surface area contributed by atoms with Crippen molar-refractivity contribution in [2.24, 2.45) is 0 Å². The van der Waals surface area contributed by atoms with E-state index in [-0.39, 0.29) is 12.1 Å². The Hall–Kier alpha value is -3.17. The number of rotatable bonds is 6. The number of fused-ring (bicyclic) bond motifs is 1. The molecular weight excluding hydrogens is 351 g/mol. The van der Waals surface area contributed by atoms with Crippen LogP contribution in [0, 0.1) is 17.5 Å². The van der Waals surface area contributed by atoms with Crippen LogP contribution in [0.25, 0.3) is 5.65 Å². The van der Waals surface area contributed by atoms with Crippen LogP contribution in [0.3, 0.4) is 0 Å². The van der Waals surface area contributed by atoms with Crippen LogP contribution < -0.4 is 10.1 Å². The van der Waals surface area contributed by atoms with Crippen LogP contribution in [0.4, 0.5) is 18.9 Å². The molecule has 3 aromatic rings. The van der Waals surface area contributed by atoms with Gasteiger partial charge in [-0.05, 0) is 12.5 Å². The summed E-state index contributed by atoms with van der Waals surface area (Å²) in [6, 6.07) is 4.80. The zero-order valence-corrected chi connectivity index (χ0v) is 13.7. The van der Waals surface area contributed by atoms with Crippen molar-refractivity contribution < 1.29 is 22.7 Å². The minimum Gasteiger partial charge on any atom is -0.480 e. The molecule has 0 unspecified atom stereocenters. The van der Waals surface area contributed by atoms with Gasteiger partial charge in [0.15, 0.2) is 28.9 Å². The SMILES string of the molecule is COc1ccc2nnc(CCCC(=O)Nc3cc(F)c(F)c(F)c3)n2n1. The number of nitrogens with one attached hydrogen (secondary N) is 1. The molecule has 26 heavy (non-hydrogen) atoms. The number of methoxy groups -OCH3 is 1. The Morgan fingerprint density at radius 1 is 1.19 bits per heavy atom. The molecule has 2 aromatic heterocycles. The van der Waals surface area contributed by atoms with Crippen molar-refractivity contribution in [1.29, 1.82) is 0 Å². The minimum absolute atomic E-state index is 0.0689. The smallest absolute Gasteiger partial charge is 0.231 e. The molecule has 0 saturated heterocycles. The fourth-order valence-corrected chi connectivity index (χ4v) is 2.34. The van der Waals surface area contributed by atoms with Crippen molar-refractivity contribution in [2.45, 2.75) is 19.3 Å². The quantitative estimate of drug-likeness (QED) is 0.679. The summed E-state index contributed by atoms with van der Waals surface area (Å²) in [6.07, 6.45) is 0.873. The van der Waals surface area contributed by atoms with Crippen LogP contribution in [0.2, 0.25) is 0 Å². The van der Waals surface area contributed by atoms with Crippen molar-refractivity contribution in [2.75, 3.05) is 12.4 Å². The lowest BCUT2D eigenvalue weighted by atomic mass is 10.2. The summed E-state index contributed by atoms with van der Waals surface area (Å²) >= 11 is 0. The van der Waals surface area contributed by atoms with Crippen molar-refractivity contribution in [3.63, 3.8) is 0 Å². The van der Waals surface area contributed by atoms with Gasteiger partial charge in [0, 0.05) is 36.7 Å². The summed E-state index contributed by atoms with van der Waals surface area (Å²) in [5.41, 5.74) is 0.397. The average Bonchev–Trinajstić information content (AvgIpc) is 3.01. The number of anilines is 1. The molecule has 0 aliphatic heterocycles. The normalized spacial score (nSPS) is 10.9. The molecule has 1 N–H and O–H groups in total. The monoisotopic (exact) mass is 365 g/mol. The van der Waals surface area contributed by atoms with E-state index < -0.39 is 23.4 Å². The van der Waals surface area contributed by atoms with Gasteiger partial charge in [0.2, 0.25) is 11.8 Å². The summed E-state index contributed by atoms with van der Waals surface area (Å²) in [4.78, 5) is 11.9. The first-order chi connectivity index (χ1) is 12.5. The van der Waals surface area contributed by atoms with E-state index in [0.29, 0.717) is 30.2 Å². The number of ether oxygens (including phenoxy) is 1. The van der Waals surface area contributed by atoms with Crippen LogP contribution in [0.5, 0.6) is 5.88 Å². The molecule has 1 amide bonds. The van der Waals surface area contributed by atoms with E-state index in [1.807, 2.05) is 0 Å². The number of benzene rings is 1. The Bertz CT molecular complexity index is 937. The first-order valence-electron chi connectivity index (χ1n) is 7.67.